The molecule has 1 aliphatic rings. The SMILES string of the molecule is O=C(O)CS(=O)(=O)CCN1CCC(c2nc3cc(Cl)ccc3o2)CC1. The lowest BCUT2D eigenvalue weighted by Crippen LogP contribution is -2.37. The molecule has 0 radical (unpaired) electrons. The van der Waals surface area contributed by atoms with E-state index in [0.29, 0.717) is 23.0 Å². The monoisotopic (exact) mass is 386 g/mol. The number of hydrogen-bond donors (Lipinski definition) is 1. The molecule has 0 amide bonds. The van der Waals surface area contributed by atoms with E-state index in [2.05, 4.69) is 4.98 Å². The lowest BCUT2D eigenvalue weighted by Gasteiger charge is -2.30. The van der Waals surface area contributed by atoms with E-state index in [1.807, 2.05) is 4.90 Å². The van der Waals surface area contributed by atoms with Crippen molar-refractivity contribution in [3.05, 3.63) is 29.1 Å². The Morgan fingerprint density at radius 2 is 2.08 bits per heavy atom. The maximum Gasteiger partial charge on any atom is 0.318 e. The van der Waals surface area contributed by atoms with Crippen LogP contribution in [-0.2, 0) is 14.6 Å². The summed E-state index contributed by atoms with van der Waals surface area (Å²) in [6.45, 7) is 1.81. The molecule has 1 aliphatic heterocycles. The normalized spacial score (nSPS) is 17.2. The van der Waals surface area contributed by atoms with Crippen LogP contribution in [0.3, 0.4) is 0 Å². The van der Waals surface area contributed by atoms with Crippen LogP contribution in [0.4, 0.5) is 0 Å². The van der Waals surface area contributed by atoms with E-state index in [-0.39, 0.29) is 11.7 Å². The summed E-state index contributed by atoms with van der Waals surface area (Å²) in [5.41, 5.74) is 1.45. The van der Waals surface area contributed by atoms with Gasteiger partial charge in [0.15, 0.2) is 21.3 Å². The predicted molar refractivity (Wildman–Crippen MR) is 93.7 cm³/mol. The van der Waals surface area contributed by atoms with Gasteiger partial charge in [0.25, 0.3) is 0 Å². The summed E-state index contributed by atoms with van der Waals surface area (Å²) in [6.07, 6.45) is 1.64. The molecule has 0 spiro atoms. The smallest absolute Gasteiger partial charge is 0.318 e. The van der Waals surface area contributed by atoms with Gasteiger partial charge in [-0.1, -0.05) is 11.6 Å². The van der Waals surface area contributed by atoms with Gasteiger partial charge in [0, 0.05) is 17.5 Å². The van der Waals surface area contributed by atoms with Crippen molar-refractivity contribution in [2.45, 2.75) is 18.8 Å². The minimum Gasteiger partial charge on any atom is -0.480 e. The summed E-state index contributed by atoms with van der Waals surface area (Å²) in [7, 11) is -3.55. The third-order valence-corrected chi connectivity index (χ3v) is 6.09. The maximum absolute atomic E-state index is 11.7. The van der Waals surface area contributed by atoms with Crippen molar-refractivity contribution >= 4 is 38.5 Å². The van der Waals surface area contributed by atoms with Crippen molar-refractivity contribution in [1.29, 1.82) is 0 Å². The van der Waals surface area contributed by atoms with Gasteiger partial charge in [-0.05, 0) is 44.1 Å². The summed E-state index contributed by atoms with van der Waals surface area (Å²) in [4.78, 5) is 17.1. The number of likely N-dealkylation sites (tertiary alicyclic amines) is 1. The topological polar surface area (TPSA) is 101 Å². The highest BCUT2D eigenvalue weighted by atomic mass is 35.5. The zero-order valence-electron chi connectivity index (χ0n) is 13.5. The molecule has 0 saturated carbocycles. The third kappa shape index (κ3) is 4.71. The number of fused-ring (bicyclic) bond motifs is 1. The molecular weight excluding hydrogens is 368 g/mol. The van der Waals surface area contributed by atoms with Gasteiger partial charge < -0.3 is 14.4 Å². The summed E-state index contributed by atoms with van der Waals surface area (Å²) in [5.74, 6) is -1.37. The Hall–Kier alpha value is -1.64. The highest BCUT2D eigenvalue weighted by Crippen LogP contribution is 2.30. The number of carbonyl (C=O) groups is 1. The van der Waals surface area contributed by atoms with E-state index in [1.165, 1.54) is 0 Å². The average molecular weight is 387 g/mol. The van der Waals surface area contributed by atoms with Gasteiger partial charge in [0.2, 0.25) is 0 Å². The van der Waals surface area contributed by atoms with Crippen molar-refractivity contribution in [3.8, 4) is 0 Å². The van der Waals surface area contributed by atoms with Gasteiger partial charge in [-0.25, -0.2) is 13.4 Å². The number of benzene rings is 1. The molecule has 0 atom stereocenters. The molecule has 1 N–H and O–H groups in total. The van der Waals surface area contributed by atoms with Crippen LogP contribution >= 0.6 is 11.6 Å². The van der Waals surface area contributed by atoms with Gasteiger partial charge in [-0.2, -0.15) is 0 Å². The van der Waals surface area contributed by atoms with E-state index >= 15 is 0 Å². The first-order valence-electron chi connectivity index (χ1n) is 8.03. The zero-order chi connectivity index (χ0) is 18.0. The first kappa shape index (κ1) is 18.2. The predicted octanol–water partition coefficient (Wildman–Crippen LogP) is 2.16. The van der Waals surface area contributed by atoms with E-state index in [1.54, 1.807) is 18.2 Å². The van der Waals surface area contributed by atoms with Crippen LogP contribution in [0.25, 0.3) is 11.1 Å². The van der Waals surface area contributed by atoms with E-state index in [9.17, 15) is 13.2 Å². The number of aliphatic carboxylic acids is 1. The van der Waals surface area contributed by atoms with E-state index < -0.39 is 21.6 Å². The number of aromatic nitrogens is 1. The van der Waals surface area contributed by atoms with Crippen molar-refractivity contribution in [2.75, 3.05) is 31.1 Å². The largest absolute Gasteiger partial charge is 0.480 e. The summed E-state index contributed by atoms with van der Waals surface area (Å²) < 4.78 is 29.1. The fourth-order valence-corrected chi connectivity index (χ4v) is 4.25. The Balaban J connectivity index is 1.55. The van der Waals surface area contributed by atoms with Gasteiger partial charge >= 0.3 is 5.97 Å². The highest BCUT2D eigenvalue weighted by Gasteiger charge is 2.26. The van der Waals surface area contributed by atoms with Crippen molar-refractivity contribution < 1.29 is 22.7 Å². The number of sulfone groups is 1. The molecule has 136 valence electrons. The molecular formula is C16H19ClN2O5S. The molecule has 7 nitrogen and oxygen atoms in total. The zero-order valence-corrected chi connectivity index (χ0v) is 15.1. The summed E-state index contributed by atoms with van der Waals surface area (Å²) >= 11 is 5.96. The molecule has 0 bridgehead atoms. The lowest BCUT2D eigenvalue weighted by atomic mass is 9.97. The van der Waals surface area contributed by atoms with Gasteiger partial charge in [-0.15, -0.1) is 0 Å². The van der Waals surface area contributed by atoms with Crippen LogP contribution in [0, 0.1) is 0 Å². The van der Waals surface area contributed by atoms with Crippen molar-refractivity contribution in [3.63, 3.8) is 0 Å². The number of piperidine rings is 1. The van der Waals surface area contributed by atoms with Crippen LogP contribution in [0.5, 0.6) is 0 Å². The second kappa shape index (κ2) is 7.31. The molecule has 2 heterocycles. The Kier molecular flexibility index (Phi) is 5.31. The van der Waals surface area contributed by atoms with Crippen LogP contribution in [0.1, 0.15) is 24.7 Å². The van der Waals surface area contributed by atoms with Crippen molar-refractivity contribution in [1.82, 2.24) is 9.88 Å². The van der Waals surface area contributed by atoms with Gasteiger partial charge in [-0.3, -0.25) is 4.79 Å². The Morgan fingerprint density at radius 3 is 2.76 bits per heavy atom. The fraction of sp³-hybridized carbons (Fsp3) is 0.500. The number of halogens is 1. The minimum absolute atomic E-state index is 0.134. The Labute approximate surface area is 150 Å². The fourth-order valence-electron chi connectivity index (χ4n) is 3.03. The second-order valence-electron chi connectivity index (χ2n) is 6.27. The summed E-state index contributed by atoms with van der Waals surface area (Å²) in [5, 5.41) is 9.22. The summed E-state index contributed by atoms with van der Waals surface area (Å²) in [6, 6.07) is 5.34. The number of carboxylic acid groups (broad SMARTS) is 1. The number of hydrogen-bond acceptors (Lipinski definition) is 6. The molecule has 1 saturated heterocycles. The van der Waals surface area contributed by atoms with Crippen LogP contribution in [0.15, 0.2) is 22.6 Å². The van der Waals surface area contributed by atoms with Crippen LogP contribution in [0.2, 0.25) is 5.02 Å². The maximum atomic E-state index is 11.7. The van der Waals surface area contributed by atoms with Gasteiger partial charge in [0.05, 0.1) is 5.75 Å². The molecule has 2 aromatic rings. The van der Waals surface area contributed by atoms with Gasteiger partial charge in [0.1, 0.15) is 11.3 Å². The second-order valence-corrected chi connectivity index (χ2v) is 8.89. The first-order valence-corrected chi connectivity index (χ1v) is 10.2. The lowest BCUT2D eigenvalue weighted by molar-refractivity contribution is -0.134. The minimum atomic E-state index is -3.55. The standard InChI is InChI=1S/C16H19ClN2O5S/c17-12-1-2-14-13(9-12)18-16(24-14)11-3-5-19(6-4-11)7-8-25(22,23)10-15(20)21/h1-2,9,11H,3-8,10H2,(H,20,21). The molecule has 0 aliphatic carbocycles. The number of rotatable bonds is 6. The Morgan fingerprint density at radius 1 is 1.36 bits per heavy atom. The average Bonchev–Trinajstić information content (AvgIpc) is 2.95. The van der Waals surface area contributed by atoms with E-state index in [4.69, 9.17) is 21.1 Å². The Bertz CT molecular complexity index is 872. The number of nitrogens with zero attached hydrogens (tertiary/aromatic N) is 2. The van der Waals surface area contributed by atoms with Crippen molar-refractivity contribution in [2.24, 2.45) is 0 Å². The van der Waals surface area contributed by atoms with Crippen LogP contribution in [-0.4, -0.2) is 60.5 Å². The molecule has 3 rings (SSSR count). The third-order valence-electron chi connectivity index (χ3n) is 4.36. The molecule has 25 heavy (non-hydrogen) atoms. The van der Waals surface area contributed by atoms with E-state index in [0.717, 1.165) is 31.4 Å². The number of carboxylic acids is 1. The first-order chi connectivity index (χ1) is 11.8. The molecule has 1 aromatic carbocycles. The highest BCUT2D eigenvalue weighted by molar-refractivity contribution is 7.92. The molecule has 1 aromatic heterocycles. The molecule has 0 unspecified atom stereocenters. The quantitative estimate of drug-likeness (QED) is 0.811. The number of oxazole rings is 1. The molecule has 1 fully saturated rings. The van der Waals surface area contributed by atoms with Crippen LogP contribution < -0.4 is 0 Å². The molecule has 9 heteroatoms.